The van der Waals surface area contributed by atoms with Crippen LogP contribution in [0.4, 0.5) is 0 Å². The first kappa shape index (κ1) is 6.26. The van der Waals surface area contributed by atoms with E-state index in [1.807, 2.05) is 0 Å². The predicted molar refractivity (Wildman–Crippen MR) is 35.6 cm³/mol. The topological polar surface area (TPSA) is 41.5 Å². The van der Waals surface area contributed by atoms with E-state index in [9.17, 15) is 4.79 Å². The summed E-state index contributed by atoms with van der Waals surface area (Å²) in [5.41, 5.74) is 0.706. The molecule has 0 aromatic carbocycles. The van der Waals surface area contributed by atoms with Gasteiger partial charge in [-0.25, -0.2) is 0 Å². The second kappa shape index (κ2) is 2.62. The van der Waals surface area contributed by atoms with Gasteiger partial charge in [-0.05, 0) is 12.8 Å². The molecule has 1 aliphatic rings. The summed E-state index contributed by atoms with van der Waals surface area (Å²) < 4.78 is 0. The minimum Gasteiger partial charge on any atom is -0.354 e. The Hall–Kier alpha value is -0.860. The molecule has 1 heterocycles. The van der Waals surface area contributed by atoms with Crippen LogP contribution < -0.4 is 5.32 Å². The number of amides is 1. The highest BCUT2D eigenvalue weighted by atomic mass is 16.1. The fraction of sp³-hybridized carbons (Fsp3) is 0.667. The quantitative estimate of drug-likeness (QED) is 0.526. The van der Waals surface area contributed by atoms with Crippen molar-refractivity contribution < 1.29 is 4.79 Å². The van der Waals surface area contributed by atoms with Crippen LogP contribution in [0.25, 0.3) is 0 Å². The Balaban J connectivity index is 2.51. The highest BCUT2D eigenvalue weighted by molar-refractivity contribution is 6.39. The van der Waals surface area contributed by atoms with Crippen molar-refractivity contribution in [3.63, 3.8) is 0 Å². The Morgan fingerprint density at radius 2 is 2.56 bits per heavy atom. The largest absolute Gasteiger partial charge is 0.354 e. The van der Waals surface area contributed by atoms with Crippen LogP contribution in [-0.4, -0.2) is 25.2 Å². The van der Waals surface area contributed by atoms with Crippen LogP contribution >= 0.6 is 0 Å². The molecule has 0 atom stereocenters. The third-order valence-corrected chi connectivity index (χ3v) is 1.36. The number of aliphatic imine (C=N–C) groups is 1. The first-order valence-corrected chi connectivity index (χ1v) is 3.10. The van der Waals surface area contributed by atoms with Crippen LogP contribution in [-0.2, 0) is 4.79 Å². The van der Waals surface area contributed by atoms with Gasteiger partial charge in [-0.1, -0.05) is 0 Å². The van der Waals surface area contributed by atoms with Gasteiger partial charge in [0.1, 0.15) is 0 Å². The average Bonchev–Trinajstić information content (AvgIpc) is 2.37. The Kier molecular flexibility index (Phi) is 1.82. The Morgan fingerprint density at radius 3 is 3.00 bits per heavy atom. The van der Waals surface area contributed by atoms with Crippen LogP contribution in [0.15, 0.2) is 4.99 Å². The summed E-state index contributed by atoms with van der Waals surface area (Å²) in [5.74, 6) is -0.0208. The first-order valence-electron chi connectivity index (χ1n) is 3.10. The van der Waals surface area contributed by atoms with Gasteiger partial charge in [0.2, 0.25) is 0 Å². The van der Waals surface area contributed by atoms with Crippen molar-refractivity contribution in [2.45, 2.75) is 12.8 Å². The van der Waals surface area contributed by atoms with E-state index in [4.69, 9.17) is 0 Å². The third-order valence-electron chi connectivity index (χ3n) is 1.36. The lowest BCUT2D eigenvalue weighted by molar-refractivity contribution is -0.114. The molecule has 0 aromatic rings. The summed E-state index contributed by atoms with van der Waals surface area (Å²) in [6, 6.07) is 0. The molecule has 1 amide bonds. The molecule has 0 unspecified atom stereocenters. The number of nitrogens with one attached hydrogen (secondary N) is 1. The van der Waals surface area contributed by atoms with Crippen molar-refractivity contribution in [3.8, 4) is 0 Å². The van der Waals surface area contributed by atoms with Crippen molar-refractivity contribution in [1.29, 1.82) is 0 Å². The summed E-state index contributed by atoms with van der Waals surface area (Å²) in [5, 5.41) is 2.54. The Bertz CT molecular complexity index is 151. The Morgan fingerprint density at radius 1 is 1.78 bits per heavy atom. The highest BCUT2D eigenvalue weighted by Crippen LogP contribution is 2.02. The van der Waals surface area contributed by atoms with E-state index in [-0.39, 0.29) is 5.91 Å². The summed E-state index contributed by atoms with van der Waals surface area (Å²) in [6.45, 7) is 0.822. The van der Waals surface area contributed by atoms with Gasteiger partial charge in [-0.15, -0.1) is 0 Å². The van der Waals surface area contributed by atoms with E-state index in [1.165, 1.54) is 0 Å². The van der Waals surface area contributed by atoms with Gasteiger partial charge in [0.15, 0.2) is 0 Å². The molecule has 9 heavy (non-hydrogen) atoms. The summed E-state index contributed by atoms with van der Waals surface area (Å²) in [6.07, 6.45) is 1.88. The molecular weight excluding hydrogens is 116 g/mol. The molecule has 0 aliphatic carbocycles. The molecule has 1 rings (SSSR count). The summed E-state index contributed by atoms with van der Waals surface area (Å²) in [7, 11) is 1.63. The van der Waals surface area contributed by atoms with Crippen molar-refractivity contribution in [2.24, 2.45) is 4.99 Å². The van der Waals surface area contributed by atoms with E-state index >= 15 is 0 Å². The summed E-state index contributed by atoms with van der Waals surface area (Å²) in [4.78, 5) is 14.8. The van der Waals surface area contributed by atoms with Gasteiger partial charge in [0.25, 0.3) is 5.91 Å². The predicted octanol–water partition coefficient (Wildman–Crippen LogP) is -0.0328. The number of nitrogens with zero attached hydrogens (tertiary/aromatic N) is 1. The maximum atomic E-state index is 10.8. The molecule has 0 saturated heterocycles. The van der Waals surface area contributed by atoms with Gasteiger partial charge < -0.3 is 5.32 Å². The van der Waals surface area contributed by atoms with Gasteiger partial charge in [-0.3, -0.25) is 9.79 Å². The molecule has 3 nitrogen and oxygen atoms in total. The fourth-order valence-electron chi connectivity index (χ4n) is 0.869. The van der Waals surface area contributed by atoms with Gasteiger partial charge >= 0.3 is 0 Å². The zero-order chi connectivity index (χ0) is 6.69. The normalized spacial score (nSPS) is 17.2. The van der Waals surface area contributed by atoms with E-state index in [0.29, 0.717) is 5.71 Å². The van der Waals surface area contributed by atoms with Crippen LogP contribution in [0.3, 0.4) is 0 Å². The smallest absolute Gasteiger partial charge is 0.264 e. The van der Waals surface area contributed by atoms with Crippen molar-refractivity contribution in [1.82, 2.24) is 5.32 Å². The lowest BCUT2D eigenvalue weighted by Gasteiger charge is -1.94. The molecule has 0 fully saturated rings. The van der Waals surface area contributed by atoms with Crippen molar-refractivity contribution in [2.75, 3.05) is 13.6 Å². The monoisotopic (exact) mass is 126 g/mol. The van der Waals surface area contributed by atoms with E-state index < -0.39 is 0 Å². The molecule has 1 aliphatic heterocycles. The second-order valence-corrected chi connectivity index (χ2v) is 2.01. The maximum absolute atomic E-state index is 10.8. The van der Waals surface area contributed by atoms with Gasteiger partial charge in [0.05, 0.1) is 5.71 Å². The minimum absolute atomic E-state index is 0.0208. The fourth-order valence-corrected chi connectivity index (χ4v) is 0.869. The zero-order valence-corrected chi connectivity index (χ0v) is 5.48. The molecule has 50 valence electrons. The molecular formula is C6H10N2O. The molecule has 0 saturated carbocycles. The maximum Gasteiger partial charge on any atom is 0.264 e. The van der Waals surface area contributed by atoms with Gasteiger partial charge in [-0.2, -0.15) is 0 Å². The number of hydrogen-bond donors (Lipinski definition) is 1. The molecule has 0 bridgehead atoms. The van der Waals surface area contributed by atoms with Crippen molar-refractivity contribution in [3.05, 3.63) is 0 Å². The number of rotatable bonds is 1. The highest BCUT2D eigenvalue weighted by Gasteiger charge is 2.12. The van der Waals surface area contributed by atoms with Crippen LogP contribution in [0, 0.1) is 0 Å². The third kappa shape index (κ3) is 1.28. The summed E-state index contributed by atoms with van der Waals surface area (Å²) >= 11 is 0. The SMILES string of the molecule is CNC(=O)C1=NCCC1. The Labute approximate surface area is 54.2 Å². The molecule has 0 aromatic heterocycles. The number of carbonyl (C=O) groups excluding carboxylic acids is 1. The van der Waals surface area contributed by atoms with E-state index in [1.54, 1.807) is 7.05 Å². The standard InChI is InChI=1S/C6H10N2O/c1-7-6(9)5-3-2-4-8-5/h2-4H2,1H3,(H,7,9). The van der Waals surface area contributed by atoms with Crippen LogP contribution in [0.2, 0.25) is 0 Å². The molecule has 1 N–H and O–H groups in total. The molecule has 0 radical (unpaired) electrons. The van der Waals surface area contributed by atoms with Gasteiger partial charge in [0, 0.05) is 13.6 Å². The average molecular weight is 126 g/mol. The number of carbonyl (C=O) groups is 1. The van der Waals surface area contributed by atoms with E-state index in [2.05, 4.69) is 10.3 Å². The van der Waals surface area contributed by atoms with Crippen molar-refractivity contribution >= 4 is 11.6 Å². The lowest BCUT2D eigenvalue weighted by atomic mass is 10.2. The molecule has 0 spiro atoms. The molecule has 3 heteroatoms. The first-order chi connectivity index (χ1) is 4.34. The van der Waals surface area contributed by atoms with E-state index in [0.717, 1.165) is 19.4 Å². The van der Waals surface area contributed by atoms with Crippen LogP contribution in [0.1, 0.15) is 12.8 Å². The second-order valence-electron chi connectivity index (χ2n) is 2.01. The zero-order valence-electron chi connectivity index (χ0n) is 5.48. The van der Waals surface area contributed by atoms with Crippen LogP contribution in [0.5, 0.6) is 0 Å². The minimum atomic E-state index is -0.0208. The lowest BCUT2D eigenvalue weighted by Crippen LogP contribution is -2.25. The number of hydrogen-bond acceptors (Lipinski definition) is 2.